The third kappa shape index (κ3) is 2.61. The molecule has 0 amide bonds. The van der Waals surface area contributed by atoms with Crippen molar-refractivity contribution in [2.45, 2.75) is 0 Å². The number of hydrogen-bond donors (Lipinski definition) is 0. The van der Waals surface area contributed by atoms with Crippen LogP contribution in [0.25, 0.3) is 38.1 Å². The van der Waals surface area contributed by atoms with E-state index in [0.717, 1.165) is 32.7 Å². The summed E-state index contributed by atoms with van der Waals surface area (Å²) in [6.45, 7) is 3.45. The number of esters is 1. The molecule has 6 heteroatoms. The summed E-state index contributed by atoms with van der Waals surface area (Å²) in [7, 11) is 0. The van der Waals surface area contributed by atoms with Crippen molar-refractivity contribution in [2.24, 2.45) is 0 Å². The lowest BCUT2D eigenvalue weighted by Crippen LogP contribution is -2.14. The molecule has 6 nitrogen and oxygen atoms in total. The Hall–Kier alpha value is -3.93. The number of carbonyl (C=O) groups excluding carboxylic acids is 1. The first-order chi connectivity index (χ1) is 14.2. The number of fused-ring (bicyclic) bond motifs is 5. The quantitative estimate of drug-likeness (QED) is 0.263. The number of nitrogens with zero attached hydrogens (tertiary/aromatic N) is 2. The predicted octanol–water partition coefficient (Wildman–Crippen LogP) is 3.70. The third-order valence-electron chi connectivity index (χ3n) is 4.98. The van der Waals surface area contributed by atoms with Gasteiger partial charge in [-0.25, -0.2) is 4.79 Å². The normalized spacial score (nSPS) is 11.4. The van der Waals surface area contributed by atoms with E-state index in [-0.39, 0.29) is 18.8 Å². The molecule has 0 saturated heterocycles. The van der Waals surface area contributed by atoms with Gasteiger partial charge in [-0.05, 0) is 30.3 Å². The summed E-state index contributed by atoms with van der Waals surface area (Å²) in [6, 6.07) is 14.8. The molecule has 0 aliphatic rings. The fraction of sp³-hybridized carbons (Fsp3) is 0.0870. The predicted molar refractivity (Wildman–Crippen MR) is 112 cm³/mol. The highest BCUT2D eigenvalue weighted by Gasteiger charge is 2.18. The second-order valence-electron chi connectivity index (χ2n) is 6.68. The number of rotatable bonds is 5. The smallest absolute Gasteiger partial charge is 0.344 e. The molecule has 3 aromatic heterocycles. The van der Waals surface area contributed by atoms with Gasteiger partial charge in [-0.3, -0.25) is 14.2 Å². The van der Waals surface area contributed by atoms with Crippen LogP contribution in [-0.4, -0.2) is 28.6 Å². The zero-order chi connectivity index (χ0) is 20.0. The van der Waals surface area contributed by atoms with E-state index in [1.54, 1.807) is 16.7 Å². The molecule has 5 aromatic rings. The largest absolute Gasteiger partial charge is 0.482 e. The van der Waals surface area contributed by atoms with Crippen LogP contribution >= 0.6 is 0 Å². The van der Waals surface area contributed by atoms with Crippen LogP contribution in [-0.2, 0) is 9.53 Å². The number of hydrogen-bond acceptors (Lipinski definition) is 5. The van der Waals surface area contributed by atoms with Gasteiger partial charge < -0.3 is 9.47 Å². The van der Waals surface area contributed by atoms with E-state index in [0.29, 0.717) is 11.1 Å². The lowest BCUT2D eigenvalue weighted by Gasteiger charge is -2.06. The Balaban J connectivity index is 1.70. The first-order valence-corrected chi connectivity index (χ1v) is 9.15. The second kappa shape index (κ2) is 6.60. The molecule has 0 saturated carbocycles. The molecule has 0 N–H and O–H groups in total. The minimum absolute atomic E-state index is 0.0808. The van der Waals surface area contributed by atoms with E-state index in [1.807, 2.05) is 42.5 Å². The topological polar surface area (TPSA) is 69.9 Å². The Labute approximate surface area is 164 Å². The van der Waals surface area contributed by atoms with Gasteiger partial charge in [0.2, 0.25) is 0 Å². The van der Waals surface area contributed by atoms with Crippen LogP contribution in [0, 0.1) is 0 Å². The Bertz CT molecular complexity index is 1470. The van der Waals surface area contributed by atoms with Crippen LogP contribution in [0.1, 0.15) is 0 Å². The molecule has 29 heavy (non-hydrogen) atoms. The number of benzene rings is 2. The molecule has 0 atom stereocenters. The molecule has 0 aliphatic heterocycles. The number of pyridine rings is 2. The summed E-state index contributed by atoms with van der Waals surface area (Å²) in [5.74, 6) is 0.0529. The van der Waals surface area contributed by atoms with Gasteiger partial charge >= 0.3 is 5.97 Å². The summed E-state index contributed by atoms with van der Waals surface area (Å²) in [5, 5.41) is 3.23. The van der Waals surface area contributed by atoms with E-state index in [4.69, 9.17) is 9.47 Å². The van der Waals surface area contributed by atoms with Gasteiger partial charge in [0, 0.05) is 27.7 Å². The number of carbonyl (C=O) groups is 1. The van der Waals surface area contributed by atoms with Crippen LogP contribution < -0.4 is 10.3 Å². The van der Waals surface area contributed by atoms with Crippen molar-refractivity contribution in [2.75, 3.05) is 13.2 Å². The molecular formula is C23H16N2O4. The van der Waals surface area contributed by atoms with Crippen LogP contribution in [0.5, 0.6) is 5.75 Å². The van der Waals surface area contributed by atoms with Crippen LogP contribution in [0.3, 0.4) is 0 Å². The van der Waals surface area contributed by atoms with Crippen LogP contribution in [0.4, 0.5) is 0 Å². The molecule has 0 aliphatic carbocycles. The van der Waals surface area contributed by atoms with Gasteiger partial charge in [-0.15, -0.1) is 0 Å². The SMILES string of the molecule is C=CCOC(=O)COc1ccc2c(c1)c1ccnc3c4ccccc4c(=O)n2c13. The van der Waals surface area contributed by atoms with Gasteiger partial charge in [0.15, 0.2) is 6.61 Å². The Kier molecular flexibility index (Phi) is 3.91. The van der Waals surface area contributed by atoms with E-state index in [1.165, 1.54) is 6.08 Å². The molecule has 0 fully saturated rings. The molecule has 0 spiro atoms. The monoisotopic (exact) mass is 384 g/mol. The first-order valence-electron chi connectivity index (χ1n) is 9.15. The molecule has 2 aromatic carbocycles. The van der Waals surface area contributed by atoms with Gasteiger partial charge in [0.1, 0.15) is 12.4 Å². The van der Waals surface area contributed by atoms with Crippen molar-refractivity contribution >= 4 is 44.1 Å². The van der Waals surface area contributed by atoms with E-state index < -0.39 is 5.97 Å². The molecule has 0 unspecified atom stereocenters. The Morgan fingerprint density at radius 3 is 2.72 bits per heavy atom. The second-order valence-corrected chi connectivity index (χ2v) is 6.68. The molecular weight excluding hydrogens is 368 g/mol. The first kappa shape index (κ1) is 17.2. The Morgan fingerprint density at radius 1 is 1.07 bits per heavy atom. The summed E-state index contributed by atoms with van der Waals surface area (Å²) in [5.41, 5.74) is 2.26. The van der Waals surface area contributed by atoms with Crippen LogP contribution in [0.15, 0.2) is 72.2 Å². The summed E-state index contributed by atoms with van der Waals surface area (Å²) >= 11 is 0. The van der Waals surface area contributed by atoms with E-state index in [2.05, 4.69) is 11.6 Å². The van der Waals surface area contributed by atoms with Crippen molar-refractivity contribution in [3.63, 3.8) is 0 Å². The lowest BCUT2D eigenvalue weighted by atomic mass is 10.1. The maximum atomic E-state index is 13.2. The standard InChI is InChI=1S/C23H16N2O4/c1-2-11-28-20(26)13-29-14-7-8-19-18(12-14)16-9-10-24-21-15-5-3-4-6-17(15)23(27)25(19)22(16)21/h2-10,12H,1,11,13H2. The van der Waals surface area contributed by atoms with Gasteiger partial charge in [0.05, 0.1) is 16.6 Å². The number of ether oxygens (including phenoxy) is 2. The fourth-order valence-electron chi connectivity index (χ4n) is 3.77. The maximum Gasteiger partial charge on any atom is 0.344 e. The molecule has 142 valence electrons. The minimum Gasteiger partial charge on any atom is -0.482 e. The van der Waals surface area contributed by atoms with Crippen molar-refractivity contribution in [1.29, 1.82) is 0 Å². The fourth-order valence-corrected chi connectivity index (χ4v) is 3.77. The molecule has 0 radical (unpaired) electrons. The summed E-state index contributed by atoms with van der Waals surface area (Å²) in [6.07, 6.45) is 3.25. The molecule has 5 rings (SSSR count). The summed E-state index contributed by atoms with van der Waals surface area (Å²) in [4.78, 5) is 29.4. The zero-order valence-electron chi connectivity index (χ0n) is 15.4. The highest BCUT2D eigenvalue weighted by atomic mass is 16.6. The average molecular weight is 384 g/mol. The van der Waals surface area contributed by atoms with Crippen molar-refractivity contribution < 1.29 is 14.3 Å². The average Bonchev–Trinajstić information content (AvgIpc) is 3.09. The Morgan fingerprint density at radius 2 is 1.90 bits per heavy atom. The van der Waals surface area contributed by atoms with E-state index in [9.17, 15) is 9.59 Å². The molecule has 0 bridgehead atoms. The van der Waals surface area contributed by atoms with Gasteiger partial charge in [0.25, 0.3) is 5.56 Å². The molecule has 3 heterocycles. The van der Waals surface area contributed by atoms with Crippen molar-refractivity contribution in [3.8, 4) is 5.75 Å². The summed E-state index contributed by atoms with van der Waals surface area (Å²) < 4.78 is 12.2. The number of aromatic nitrogens is 2. The lowest BCUT2D eigenvalue weighted by molar-refractivity contribution is -0.144. The maximum absolute atomic E-state index is 13.2. The van der Waals surface area contributed by atoms with Gasteiger partial charge in [-0.2, -0.15) is 0 Å². The van der Waals surface area contributed by atoms with Crippen molar-refractivity contribution in [3.05, 3.63) is 77.7 Å². The van der Waals surface area contributed by atoms with Crippen LogP contribution in [0.2, 0.25) is 0 Å². The van der Waals surface area contributed by atoms with Gasteiger partial charge in [-0.1, -0.05) is 30.9 Å². The highest BCUT2D eigenvalue weighted by molar-refractivity contribution is 6.18. The third-order valence-corrected chi connectivity index (χ3v) is 4.98. The zero-order valence-corrected chi connectivity index (χ0v) is 15.4. The minimum atomic E-state index is -0.470. The van der Waals surface area contributed by atoms with E-state index >= 15 is 0 Å². The highest BCUT2D eigenvalue weighted by Crippen LogP contribution is 2.34. The van der Waals surface area contributed by atoms with Crippen molar-refractivity contribution in [1.82, 2.24) is 9.38 Å².